The molecule has 26 heavy (non-hydrogen) atoms. The third-order valence-electron chi connectivity index (χ3n) is 4.13. The molecular weight excluding hydrogens is 352 g/mol. The van der Waals surface area contributed by atoms with Gasteiger partial charge in [-0.05, 0) is 13.0 Å². The number of aryl methyl sites for hydroxylation is 2. The molecule has 1 amide bonds. The van der Waals surface area contributed by atoms with Crippen molar-refractivity contribution < 1.29 is 14.3 Å². The number of carbonyl (C=O) groups is 1. The molecule has 0 fully saturated rings. The minimum atomic E-state index is -0.400. The van der Waals surface area contributed by atoms with Crippen LogP contribution < -0.4 is 14.3 Å². The quantitative estimate of drug-likeness (QED) is 0.648. The molecule has 0 atom stereocenters. The number of aromatic nitrogens is 3. The van der Waals surface area contributed by atoms with Gasteiger partial charge in [-0.2, -0.15) is 10.1 Å². The summed E-state index contributed by atoms with van der Waals surface area (Å²) in [7, 11) is 1.79. The number of terminal acetylenes is 1. The molecule has 1 aromatic carbocycles. The van der Waals surface area contributed by atoms with E-state index < -0.39 is 5.91 Å². The number of thiazole rings is 1. The Morgan fingerprint density at radius 1 is 1.35 bits per heavy atom. The van der Waals surface area contributed by atoms with Crippen LogP contribution in [0, 0.1) is 19.3 Å². The summed E-state index contributed by atoms with van der Waals surface area (Å²) in [6.07, 6.45) is 5.52. The Morgan fingerprint density at radius 2 is 2.08 bits per heavy atom. The highest BCUT2D eigenvalue weighted by molar-refractivity contribution is 7.16. The summed E-state index contributed by atoms with van der Waals surface area (Å²) in [5.74, 6) is 3.58. The number of benzene rings is 1. The first kappa shape index (κ1) is 16.4. The van der Waals surface area contributed by atoms with Crippen LogP contribution in [0.4, 0.5) is 0 Å². The Hall–Kier alpha value is -3.05. The fraction of sp³-hybridized carbons (Fsp3) is 0.278. The van der Waals surface area contributed by atoms with Crippen molar-refractivity contribution in [2.75, 3.05) is 13.2 Å². The van der Waals surface area contributed by atoms with E-state index in [1.807, 2.05) is 23.6 Å². The summed E-state index contributed by atoms with van der Waals surface area (Å²) < 4.78 is 15.7. The Bertz CT molecular complexity index is 1110. The molecule has 132 valence electrons. The van der Waals surface area contributed by atoms with Crippen molar-refractivity contribution in [1.29, 1.82) is 0 Å². The molecule has 2 aromatic heterocycles. The number of rotatable bonds is 2. The number of amides is 1. The van der Waals surface area contributed by atoms with Gasteiger partial charge in [-0.15, -0.1) is 6.42 Å². The summed E-state index contributed by atoms with van der Waals surface area (Å²) >= 11 is 1.38. The highest BCUT2D eigenvalue weighted by atomic mass is 32.1. The molecule has 0 aliphatic carbocycles. The molecule has 0 unspecified atom stereocenters. The summed E-state index contributed by atoms with van der Waals surface area (Å²) in [4.78, 5) is 17.3. The smallest absolute Gasteiger partial charge is 0.300 e. The third kappa shape index (κ3) is 2.76. The van der Waals surface area contributed by atoms with Crippen molar-refractivity contribution in [3.8, 4) is 23.8 Å². The fourth-order valence-corrected chi connectivity index (χ4v) is 3.78. The van der Waals surface area contributed by atoms with E-state index in [4.69, 9.17) is 15.9 Å². The van der Waals surface area contributed by atoms with Gasteiger partial charge in [0.1, 0.15) is 13.2 Å². The summed E-state index contributed by atoms with van der Waals surface area (Å²) in [5.41, 5.74) is 2.06. The lowest BCUT2D eigenvalue weighted by Crippen LogP contribution is -2.17. The van der Waals surface area contributed by atoms with Gasteiger partial charge in [0.15, 0.2) is 22.0 Å². The first-order valence-electron chi connectivity index (χ1n) is 8.03. The summed E-state index contributed by atoms with van der Waals surface area (Å²) in [6, 6.07) is 5.49. The Kier molecular flexibility index (Phi) is 4.01. The van der Waals surface area contributed by atoms with E-state index in [9.17, 15) is 4.79 Å². The van der Waals surface area contributed by atoms with Gasteiger partial charge < -0.3 is 14.0 Å². The predicted octanol–water partition coefficient (Wildman–Crippen LogP) is 1.89. The molecule has 3 aromatic rings. The van der Waals surface area contributed by atoms with E-state index in [0.29, 0.717) is 41.8 Å². The number of hydrogen-bond donors (Lipinski definition) is 0. The van der Waals surface area contributed by atoms with Crippen LogP contribution in [0.3, 0.4) is 0 Å². The lowest BCUT2D eigenvalue weighted by Gasteiger charge is -2.18. The second kappa shape index (κ2) is 6.35. The molecule has 0 N–H and O–H groups in total. The van der Waals surface area contributed by atoms with Crippen LogP contribution in [0.2, 0.25) is 0 Å². The molecule has 1 aliphatic heterocycles. The lowest BCUT2D eigenvalue weighted by molar-refractivity contribution is 0.0992. The van der Waals surface area contributed by atoms with Crippen LogP contribution in [0.15, 0.2) is 23.2 Å². The van der Waals surface area contributed by atoms with Crippen molar-refractivity contribution in [2.45, 2.75) is 13.5 Å². The topological polar surface area (TPSA) is 70.6 Å². The molecular formula is C18H16N4O3S. The maximum absolute atomic E-state index is 12.5. The van der Waals surface area contributed by atoms with E-state index in [2.05, 4.69) is 16.0 Å². The molecule has 0 radical (unpaired) electrons. The van der Waals surface area contributed by atoms with Gasteiger partial charge in [0.25, 0.3) is 5.91 Å². The van der Waals surface area contributed by atoms with Gasteiger partial charge in [0, 0.05) is 24.9 Å². The Labute approximate surface area is 153 Å². The Morgan fingerprint density at radius 3 is 2.73 bits per heavy atom. The summed E-state index contributed by atoms with van der Waals surface area (Å²) in [6.45, 7) is 3.20. The number of carbonyl (C=O) groups excluding carboxylic acids is 1. The highest BCUT2D eigenvalue weighted by Gasteiger charge is 2.17. The fourth-order valence-electron chi connectivity index (χ4n) is 2.75. The zero-order valence-corrected chi connectivity index (χ0v) is 15.2. The van der Waals surface area contributed by atoms with Gasteiger partial charge in [-0.1, -0.05) is 17.3 Å². The zero-order valence-electron chi connectivity index (χ0n) is 14.4. The van der Waals surface area contributed by atoms with Crippen LogP contribution in [0.25, 0.3) is 10.2 Å². The largest absolute Gasteiger partial charge is 0.486 e. The second-order valence-electron chi connectivity index (χ2n) is 5.85. The van der Waals surface area contributed by atoms with Crippen LogP contribution in [-0.2, 0) is 13.6 Å². The van der Waals surface area contributed by atoms with E-state index in [1.54, 1.807) is 17.8 Å². The Balaban J connectivity index is 1.87. The average Bonchev–Trinajstić information content (AvgIpc) is 3.13. The van der Waals surface area contributed by atoms with Gasteiger partial charge in [0.05, 0.1) is 16.8 Å². The minimum absolute atomic E-state index is 0.299. The van der Waals surface area contributed by atoms with E-state index in [1.165, 1.54) is 11.3 Å². The lowest BCUT2D eigenvalue weighted by atomic mass is 10.2. The maximum atomic E-state index is 12.5. The maximum Gasteiger partial charge on any atom is 0.300 e. The van der Waals surface area contributed by atoms with E-state index >= 15 is 0 Å². The molecule has 0 spiro atoms. The van der Waals surface area contributed by atoms with Crippen LogP contribution in [0.5, 0.6) is 11.5 Å². The third-order valence-corrected chi connectivity index (χ3v) is 5.17. The highest BCUT2D eigenvalue weighted by Crippen LogP contribution is 2.35. The van der Waals surface area contributed by atoms with Gasteiger partial charge >= 0.3 is 0 Å². The van der Waals surface area contributed by atoms with Crippen molar-refractivity contribution >= 4 is 27.5 Å². The number of hydrogen-bond acceptors (Lipinski definition) is 5. The van der Waals surface area contributed by atoms with Gasteiger partial charge in [-0.3, -0.25) is 9.48 Å². The standard InChI is InChI=1S/C18H16N4O3S/c1-4-5-22-13-9-14-15(25-7-6-24-14)10-16(13)26-18(22)19-17(23)12-8-11(2)21(3)20-12/h1,8-10H,5-7H2,2-3H3. The molecule has 3 heterocycles. The molecule has 7 nitrogen and oxygen atoms in total. The normalized spacial score (nSPS) is 13.8. The number of fused-ring (bicyclic) bond motifs is 2. The van der Waals surface area contributed by atoms with Crippen LogP contribution >= 0.6 is 11.3 Å². The SMILES string of the molecule is C#CCn1c(=NC(=O)c2cc(C)n(C)n2)sc2cc3c(cc21)OCCO3. The van der Waals surface area contributed by atoms with Crippen molar-refractivity contribution in [3.05, 3.63) is 34.4 Å². The van der Waals surface area contributed by atoms with Gasteiger partial charge in [-0.25, -0.2) is 0 Å². The van der Waals surface area contributed by atoms with Crippen molar-refractivity contribution in [1.82, 2.24) is 14.3 Å². The number of ether oxygens (including phenoxy) is 2. The first-order valence-corrected chi connectivity index (χ1v) is 8.84. The van der Waals surface area contributed by atoms with Crippen LogP contribution in [0.1, 0.15) is 16.2 Å². The molecule has 1 aliphatic rings. The monoisotopic (exact) mass is 368 g/mol. The first-order chi connectivity index (χ1) is 12.6. The predicted molar refractivity (Wildman–Crippen MR) is 97.5 cm³/mol. The molecule has 0 bridgehead atoms. The van der Waals surface area contributed by atoms with Crippen molar-refractivity contribution in [2.24, 2.45) is 12.0 Å². The number of nitrogens with zero attached hydrogens (tertiary/aromatic N) is 4. The minimum Gasteiger partial charge on any atom is -0.486 e. The summed E-state index contributed by atoms with van der Waals surface area (Å²) in [5, 5.41) is 4.19. The van der Waals surface area contributed by atoms with E-state index in [0.717, 1.165) is 15.9 Å². The molecule has 4 rings (SSSR count). The molecule has 0 saturated heterocycles. The van der Waals surface area contributed by atoms with Gasteiger partial charge in [0.2, 0.25) is 0 Å². The molecule has 8 heteroatoms. The van der Waals surface area contributed by atoms with Crippen molar-refractivity contribution in [3.63, 3.8) is 0 Å². The molecule has 0 saturated carbocycles. The van der Waals surface area contributed by atoms with E-state index in [-0.39, 0.29) is 0 Å². The van der Waals surface area contributed by atoms with Crippen LogP contribution in [-0.4, -0.2) is 33.5 Å². The zero-order chi connectivity index (χ0) is 18.3. The average molecular weight is 368 g/mol. The second-order valence-corrected chi connectivity index (χ2v) is 6.86.